The van der Waals surface area contributed by atoms with Crippen LogP contribution >= 0.6 is 11.3 Å². The minimum atomic E-state index is -1.21. The highest BCUT2D eigenvalue weighted by molar-refractivity contribution is 7.22. The van der Waals surface area contributed by atoms with Crippen LogP contribution in [0.2, 0.25) is 0 Å². The minimum Gasteiger partial charge on any atom is -0.477 e. The number of benzene rings is 1. The standard InChI is InChI=1S/C10H9N3O2S/c11-6(9(14)15)5-12-10-13-7-3-1-2-4-8(7)16-10/h1-4,11H,5H2,(H,12,13)(H,14,15). The third kappa shape index (κ3) is 2.17. The van der Waals surface area contributed by atoms with Crippen LogP contribution in [-0.2, 0) is 4.79 Å². The Morgan fingerprint density at radius 1 is 1.50 bits per heavy atom. The number of hydrogen-bond acceptors (Lipinski definition) is 5. The van der Waals surface area contributed by atoms with Gasteiger partial charge in [0.25, 0.3) is 0 Å². The Labute approximate surface area is 95.3 Å². The van der Waals surface area contributed by atoms with E-state index in [2.05, 4.69) is 10.3 Å². The first-order valence-corrected chi connectivity index (χ1v) is 5.38. The molecule has 6 heteroatoms. The Bertz CT molecular complexity index is 517. The smallest absolute Gasteiger partial charge is 0.351 e. The second-order valence-corrected chi connectivity index (χ2v) is 4.15. The summed E-state index contributed by atoms with van der Waals surface area (Å²) in [5.74, 6) is -1.21. The summed E-state index contributed by atoms with van der Waals surface area (Å²) in [6, 6.07) is 7.65. The topological polar surface area (TPSA) is 86.1 Å². The minimum absolute atomic E-state index is 0.0187. The molecule has 0 aliphatic heterocycles. The zero-order valence-corrected chi connectivity index (χ0v) is 9.04. The molecule has 2 rings (SSSR count). The molecule has 0 saturated carbocycles. The van der Waals surface area contributed by atoms with Gasteiger partial charge in [-0.15, -0.1) is 0 Å². The van der Waals surface area contributed by atoms with Crippen LogP contribution in [0.25, 0.3) is 10.2 Å². The van der Waals surface area contributed by atoms with Gasteiger partial charge in [0.2, 0.25) is 0 Å². The van der Waals surface area contributed by atoms with Crippen LogP contribution < -0.4 is 5.32 Å². The van der Waals surface area contributed by atoms with E-state index in [1.807, 2.05) is 24.3 Å². The fourth-order valence-electron chi connectivity index (χ4n) is 1.19. The average molecular weight is 235 g/mol. The Morgan fingerprint density at radius 2 is 2.25 bits per heavy atom. The van der Waals surface area contributed by atoms with Gasteiger partial charge in [-0.1, -0.05) is 23.5 Å². The first-order chi connectivity index (χ1) is 7.66. The van der Waals surface area contributed by atoms with Gasteiger partial charge in [-0.05, 0) is 12.1 Å². The first kappa shape index (κ1) is 10.6. The summed E-state index contributed by atoms with van der Waals surface area (Å²) < 4.78 is 1.03. The van der Waals surface area contributed by atoms with Crippen molar-refractivity contribution < 1.29 is 9.90 Å². The van der Waals surface area contributed by atoms with Gasteiger partial charge in [0.15, 0.2) is 5.13 Å². The highest BCUT2D eigenvalue weighted by atomic mass is 32.1. The molecule has 0 bridgehead atoms. The predicted molar refractivity (Wildman–Crippen MR) is 63.5 cm³/mol. The Balaban J connectivity index is 2.10. The largest absolute Gasteiger partial charge is 0.477 e. The van der Waals surface area contributed by atoms with Gasteiger partial charge >= 0.3 is 5.97 Å². The van der Waals surface area contributed by atoms with Crippen LogP contribution in [0.15, 0.2) is 24.3 Å². The van der Waals surface area contributed by atoms with E-state index in [0.29, 0.717) is 5.13 Å². The van der Waals surface area contributed by atoms with Gasteiger partial charge in [0.1, 0.15) is 5.71 Å². The molecule has 0 fully saturated rings. The molecule has 1 heterocycles. The maximum atomic E-state index is 10.4. The lowest BCUT2D eigenvalue weighted by Gasteiger charge is -1.99. The number of carboxylic acid groups (broad SMARTS) is 1. The van der Waals surface area contributed by atoms with Gasteiger partial charge in [-0.3, -0.25) is 5.41 Å². The molecular formula is C10H9N3O2S. The number of nitrogens with zero attached hydrogens (tertiary/aromatic N) is 1. The summed E-state index contributed by atoms with van der Waals surface area (Å²) in [4.78, 5) is 14.7. The van der Waals surface area contributed by atoms with Crippen molar-refractivity contribution in [3.8, 4) is 0 Å². The van der Waals surface area contributed by atoms with Crippen molar-refractivity contribution in [2.75, 3.05) is 11.9 Å². The molecule has 0 unspecified atom stereocenters. The van der Waals surface area contributed by atoms with Crippen LogP contribution in [0.3, 0.4) is 0 Å². The lowest BCUT2D eigenvalue weighted by molar-refractivity contribution is -0.129. The summed E-state index contributed by atoms with van der Waals surface area (Å²) >= 11 is 1.44. The van der Waals surface area contributed by atoms with Gasteiger partial charge in [-0.25, -0.2) is 9.78 Å². The van der Waals surface area contributed by atoms with Crippen molar-refractivity contribution >= 4 is 38.4 Å². The Kier molecular flexibility index (Phi) is 2.82. The number of aromatic nitrogens is 1. The normalized spacial score (nSPS) is 10.2. The van der Waals surface area contributed by atoms with Crippen LogP contribution in [0, 0.1) is 5.41 Å². The monoisotopic (exact) mass is 235 g/mol. The molecule has 0 atom stereocenters. The van der Waals surface area contributed by atoms with Gasteiger partial charge in [0.05, 0.1) is 16.8 Å². The molecule has 2 aromatic rings. The van der Waals surface area contributed by atoms with E-state index in [1.165, 1.54) is 11.3 Å². The quantitative estimate of drug-likeness (QED) is 0.705. The molecular weight excluding hydrogens is 226 g/mol. The Hall–Kier alpha value is -1.95. The number of hydrogen-bond donors (Lipinski definition) is 3. The van der Waals surface area contributed by atoms with Crippen molar-refractivity contribution in [3.05, 3.63) is 24.3 Å². The third-order valence-corrected chi connectivity index (χ3v) is 2.96. The molecule has 0 saturated heterocycles. The van der Waals surface area contributed by atoms with Gasteiger partial charge < -0.3 is 10.4 Å². The van der Waals surface area contributed by atoms with Crippen LogP contribution in [0.1, 0.15) is 0 Å². The van der Waals surface area contributed by atoms with Gasteiger partial charge in [-0.2, -0.15) is 0 Å². The zero-order chi connectivity index (χ0) is 11.5. The van der Waals surface area contributed by atoms with E-state index in [4.69, 9.17) is 10.5 Å². The number of aliphatic carboxylic acids is 1. The zero-order valence-electron chi connectivity index (χ0n) is 8.23. The second kappa shape index (κ2) is 4.28. The molecule has 0 amide bonds. The van der Waals surface area contributed by atoms with E-state index < -0.39 is 5.97 Å². The van der Waals surface area contributed by atoms with Crippen molar-refractivity contribution in [3.63, 3.8) is 0 Å². The van der Waals surface area contributed by atoms with E-state index >= 15 is 0 Å². The first-order valence-electron chi connectivity index (χ1n) is 4.57. The highest BCUT2D eigenvalue weighted by Gasteiger charge is 2.07. The second-order valence-electron chi connectivity index (χ2n) is 3.12. The van der Waals surface area contributed by atoms with Crippen LogP contribution in [-0.4, -0.2) is 28.3 Å². The average Bonchev–Trinajstić information content (AvgIpc) is 2.68. The number of carboxylic acids is 1. The van der Waals surface area contributed by atoms with Crippen molar-refractivity contribution in [1.82, 2.24) is 4.98 Å². The van der Waals surface area contributed by atoms with E-state index in [1.54, 1.807) is 0 Å². The number of anilines is 1. The molecule has 3 N–H and O–H groups in total. The summed E-state index contributed by atoms with van der Waals surface area (Å²) in [7, 11) is 0. The molecule has 0 aliphatic rings. The van der Waals surface area contributed by atoms with E-state index in [9.17, 15) is 4.79 Å². The highest BCUT2D eigenvalue weighted by Crippen LogP contribution is 2.24. The fourth-order valence-corrected chi connectivity index (χ4v) is 2.05. The van der Waals surface area contributed by atoms with Crippen molar-refractivity contribution in [2.24, 2.45) is 0 Å². The Morgan fingerprint density at radius 3 is 2.94 bits per heavy atom. The molecule has 0 radical (unpaired) electrons. The van der Waals surface area contributed by atoms with E-state index in [0.717, 1.165) is 10.2 Å². The number of para-hydroxylation sites is 1. The summed E-state index contributed by atoms with van der Waals surface area (Å²) in [6.45, 7) is -0.0187. The number of fused-ring (bicyclic) bond motifs is 1. The number of nitrogens with one attached hydrogen (secondary N) is 2. The predicted octanol–water partition coefficient (Wildman–Crippen LogP) is 1.81. The SMILES string of the molecule is N=C(CNc1nc2ccccc2s1)C(=O)O. The summed E-state index contributed by atoms with van der Waals surface area (Å²) in [6.07, 6.45) is 0. The molecule has 16 heavy (non-hydrogen) atoms. The molecule has 1 aromatic carbocycles. The third-order valence-electron chi connectivity index (χ3n) is 1.97. The maximum absolute atomic E-state index is 10.4. The summed E-state index contributed by atoms with van der Waals surface area (Å²) in [5.41, 5.74) is 0.496. The fraction of sp³-hybridized carbons (Fsp3) is 0.100. The van der Waals surface area contributed by atoms with Crippen LogP contribution in [0.4, 0.5) is 5.13 Å². The van der Waals surface area contributed by atoms with Gasteiger partial charge in [0, 0.05) is 0 Å². The lowest BCUT2D eigenvalue weighted by Crippen LogP contribution is -2.21. The number of thiazole rings is 1. The van der Waals surface area contributed by atoms with E-state index in [-0.39, 0.29) is 12.3 Å². The molecule has 0 spiro atoms. The summed E-state index contributed by atoms with van der Waals surface area (Å²) in [5, 5.41) is 19.1. The number of carbonyl (C=O) groups is 1. The molecule has 5 nitrogen and oxygen atoms in total. The van der Waals surface area contributed by atoms with Crippen molar-refractivity contribution in [2.45, 2.75) is 0 Å². The molecule has 1 aromatic heterocycles. The lowest BCUT2D eigenvalue weighted by atomic mass is 10.3. The number of rotatable bonds is 4. The maximum Gasteiger partial charge on any atom is 0.351 e. The molecule has 0 aliphatic carbocycles. The molecule has 82 valence electrons. The van der Waals surface area contributed by atoms with Crippen LogP contribution in [0.5, 0.6) is 0 Å². The van der Waals surface area contributed by atoms with Crippen molar-refractivity contribution in [1.29, 1.82) is 5.41 Å².